The number of hydrogen-bond donors (Lipinski definition) is 2. The number of aryl methyl sites for hydroxylation is 2. The molecule has 3 amide bonds. The van der Waals surface area contributed by atoms with E-state index in [1.807, 2.05) is 26.0 Å². The van der Waals surface area contributed by atoms with Crippen LogP contribution in [0.1, 0.15) is 23.7 Å². The summed E-state index contributed by atoms with van der Waals surface area (Å²) in [6.07, 6.45) is -3.63. The number of halogens is 3. The maximum absolute atomic E-state index is 12.7. The fourth-order valence-electron chi connectivity index (χ4n) is 2.09. The topological polar surface area (TPSA) is 84.0 Å². The first-order valence-electron chi connectivity index (χ1n) is 7.82. The van der Waals surface area contributed by atoms with E-state index in [1.165, 1.54) is 6.92 Å². The van der Waals surface area contributed by atoms with Crippen LogP contribution in [-0.2, 0) is 11.0 Å². The molecule has 0 unspecified atom stereocenters. The molecule has 144 valence electrons. The number of carbonyl (C=O) groups is 2. The Labute approximate surface area is 158 Å². The molecule has 1 aromatic carbocycles. The lowest BCUT2D eigenvalue weighted by atomic mass is 10.1. The molecule has 0 spiro atoms. The first-order chi connectivity index (χ1) is 12.6. The predicted molar refractivity (Wildman–Crippen MR) is 95.4 cm³/mol. The van der Waals surface area contributed by atoms with Crippen LogP contribution in [0.2, 0.25) is 0 Å². The second-order valence-corrected chi connectivity index (χ2v) is 7.05. The summed E-state index contributed by atoms with van der Waals surface area (Å²) in [5.74, 6) is -0.678. The zero-order chi connectivity index (χ0) is 20.2. The first-order valence-corrected chi connectivity index (χ1v) is 8.70. The van der Waals surface area contributed by atoms with E-state index in [9.17, 15) is 22.8 Å². The van der Waals surface area contributed by atoms with E-state index < -0.39 is 29.1 Å². The Morgan fingerprint density at radius 3 is 2.52 bits per heavy atom. The lowest BCUT2D eigenvalue weighted by Crippen LogP contribution is -2.39. The molecule has 0 bridgehead atoms. The minimum absolute atomic E-state index is 0.206. The Kier molecular flexibility index (Phi) is 6.42. The Balaban J connectivity index is 1.96. The predicted octanol–water partition coefficient (Wildman–Crippen LogP) is 3.94. The SMILES string of the molecule is Cc1ccc(NC(=O)NC(=O)[C@@H](C)Sc2nccc(C(F)(F)F)n2)c(C)c1. The van der Waals surface area contributed by atoms with Gasteiger partial charge in [-0.1, -0.05) is 29.5 Å². The van der Waals surface area contributed by atoms with E-state index in [-0.39, 0.29) is 5.16 Å². The van der Waals surface area contributed by atoms with E-state index in [1.54, 1.807) is 6.07 Å². The van der Waals surface area contributed by atoms with Crippen molar-refractivity contribution in [3.63, 3.8) is 0 Å². The van der Waals surface area contributed by atoms with Crippen molar-refractivity contribution in [3.05, 3.63) is 47.3 Å². The van der Waals surface area contributed by atoms with E-state index in [0.717, 1.165) is 35.2 Å². The highest BCUT2D eigenvalue weighted by atomic mass is 32.2. The Hall–Kier alpha value is -2.62. The van der Waals surface area contributed by atoms with Gasteiger partial charge in [0.05, 0.1) is 5.25 Å². The molecular formula is C17H17F3N4O2S. The van der Waals surface area contributed by atoms with Crippen LogP contribution in [0.15, 0.2) is 35.6 Å². The third-order valence-electron chi connectivity index (χ3n) is 3.44. The zero-order valence-electron chi connectivity index (χ0n) is 14.7. The average Bonchev–Trinajstić information content (AvgIpc) is 2.57. The van der Waals surface area contributed by atoms with Crippen LogP contribution in [0, 0.1) is 13.8 Å². The Bertz CT molecular complexity index is 858. The highest BCUT2D eigenvalue weighted by molar-refractivity contribution is 8.00. The van der Waals surface area contributed by atoms with E-state index in [0.29, 0.717) is 5.69 Å². The summed E-state index contributed by atoms with van der Waals surface area (Å²) in [6.45, 7) is 5.16. The smallest absolute Gasteiger partial charge is 0.307 e. The van der Waals surface area contributed by atoms with E-state index in [2.05, 4.69) is 20.6 Å². The second-order valence-electron chi connectivity index (χ2n) is 5.74. The second kappa shape index (κ2) is 8.38. The Morgan fingerprint density at radius 1 is 1.19 bits per heavy atom. The first kappa shape index (κ1) is 20.7. The lowest BCUT2D eigenvalue weighted by molar-refractivity contribution is -0.141. The van der Waals surface area contributed by atoms with Gasteiger partial charge in [-0.15, -0.1) is 0 Å². The minimum Gasteiger partial charge on any atom is -0.307 e. The lowest BCUT2D eigenvalue weighted by Gasteiger charge is -2.13. The number of imide groups is 1. The molecule has 27 heavy (non-hydrogen) atoms. The number of anilines is 1. The number of benzene rings is 1. The summed E-state index contributed by atoms with van der Waals surface area (Å²) >= 11 is 0.721. The number of carbonyl (C=O) groups excluding carboxylic acids is 2. The zero-order valence-corrected chi connectivity index (χ0v) is 15.5. The number of hydrogen-bond acceptors (Lipinski definition) is 5. The maximum Gasteiger partial charge on any atom is 0.433 e. The molecule has 6 nitrogen and oxygen atoms in total. The quantitative estimate of drug-likeness (QED) is 0.602. The summed E-state index contributed by atoms with van der Waals surface area (Å²) in [5.41, 5.74) is 1.31. The van der Waals surface area contributed by atoms with Crippen LogP contribution < -0.4 is 10.6 Å². The Morgan fingerprint density at radius 2 is 1.89 bits per heavy atom. The molecule has 0 saturated carbocycles. The van der Waals surface area contributed by atoms with Gasteiger partial charge < -0.3 is 5.32 Å². The molecule has 10 heteroatoms. The summed E-state index contributed by atoms with van der Waals surface area (Å²) in [7, 11) is 0. The molecule has 0 aliphatic rings. The molecule has 0 fully saturated rings. The molecule has 0 radical (unpaired) electrons. The van der Waals surface area contributed by atoms with E-state index in [4.69, 9.17) is 0 Å². The van der Waals surface area contributed by atoms with Crippen LogP contribution in [0.3, 0.4) is 0 Å². The largest absolute Gasteiger partial charge is 0.433 e. The third kappa shape index (κ3) is 5.95. The molecule has 2 rings (SSSR count). The highest BCUT2D eigenvalue weighted by Gasteiger charge is 2.33. The van der Waals surface area contributed by atoms with Gasteiger partial charge in [-0.2, -0.15) is 13.2 Å². The summed E-state index contributed by atoms with van der Waals surface area (Å²) < 4.78 is 38.0. The fourth-order valence-corrected chi connectivity index (χ4v) is 2.84. The normalized spacial score (nSPS) is 12.4. The van der Waals surface area contributed by atoms with E-state index >= 15 is 0 Å². The van der Waals surface area contributed by atoms with Gasteiger partial charge in [0.25, 0.3) is 0 Å². The average molecular weight is 398 g/mol. The van der Waals surface area contributed by atoms with Gasteiger partial charge in [-0.05, 0) is 38.5 Å². The number of rotatable bonds is 4. The van der Waals surface area contributed by atoms with Crippen LogP contribution in [0.4, 0.5) is 23.7 Å². The van der Waals surface area contributed by atoms with Crippen molar-refractivity contribution in [1.29, 1.82) is 0 Å². The van der Waals surface area contributed by atoms with Gasteiger partial charge >= 0.3 is 12.2 Å². The van der Waals surface area contributed by atoms with Crippen LogP contribution in [0.25, 0.3) is 0 Å². The van der Waals surface area contributed by atoms with Gasteiger partial charge in [0.2, 0.25) is 5.91 Å². The maximum atomic E-state index is 12.7. The van der Waals surface area contributed by atoms with Crippen molar-refractivity contribution in [2.45, 2.75) is 37.4 Å². The highest BCUT2D eigenvalue weighted by Crippen LogP contribution is 2.29. The van der Waals surface area contributed by atoms with Gasteiger partial charge in [0, 0.05) is 11.9 Å². The van der Waals surface area contributed by atoms with Crippen LogP contribution in [0.5, 0.6) is 0 Å². The standard InChI is InChI=1S/C17H17F3N4O2S/c1-9-4-5-12(10(2)8-9)22-15(26)24-14(25)11(3)27-16-21-7-6-13(23-16)17(18,19)20/h4-8,11H,1-3H3,(H2,22,24,25,26)/t11-/m1/s1. The van der Waals surface area contributed by atoms with Gasteiger partial charge in [0.1, 0.15) is 5.69 Å². The van der Waals surface area contributed by atoms with Crippen molar-refractivity contribution in [3.8, 4) is 0 Å². The number of nitrogens with one attached hydrogen (secondary N) is 2. The summed E-state index contributed by atoms with van der Waals surface area (Å²) in [5, 5.41) is 3.62. The van der Waals surface area contributed by atoms with Gasteiger partial charge in [-0.3, -0.25) is 10.1 Å². The fraction of sp³-hybridized carbons (Fsp3) is 0.294. The van der Waals surface area contributed by atoms with Gasteiger partial charge in [-0.25, -0.2) is 14.8 Å². The van der Waals surface area contributed by atoms with Gasteiger partial charge in [0.15, 0.2) is 5.16 Å². The molecule has 1 atom stereocenters. The number of thioether (sulfide) groups is 1. The van der Waals surface area contributed by atoms with Crippen molar-refractivity contribution in [1.82, 2.24) is 15.3 Å². The number of amides is 3. The molecule has 1 heterocycles. The number of alkyl halides is 3. The number of urea groups is 1. The molecule has 2 aromatic rings. The minimum atomic E-state index is -4.60. The summed E-state index contributed by atoms with van der Waals surface area (Å²) in [4.78, 5) is 31.2. The number of nitrogens with zero attached hydrogens (tertiary/aromatic N) is 2. The molecular weight excluding hydrogens is 381 g/mol. The van der Waals surface area contributed by atoms with Crippen molar-refractivity contribution >= 4 is 29.4 Å². The van der Waals surface area contributed by atoms with Crippen LogP contribution >= 0.6 is 11.8 Å². The van der Waals surface area contributed by atoms with Crippen LogP contribution in [-0.4, -0.2) is 27.2 Å². The third-order valence-corrected chi connectivity index (χ3v) is 4.42. The molecule has 1 aromatic heterocycles. The monoisotopic (exact) mass is 398 g/mol. The molecule has 0 aliphatic heterocycles. The van der Waals surface area contributed by atoms with Crippen molar-refractivity contribution in [2.24, 2.45) is 0 Å². The molecule has 0 aliphatic carbocycles. The molecule has 0 saturated heterocycles. The summed E-state index contributed by atoms with van der Waals surface area (Å²) in [6, 6.07) is 5.41. The van der Waals surface area contributed by atoms with Crippen molar-refractivity contribution in [2.75, 3.05) is 5.32 Å². The molecule has 2 N–H and O–H groups in total. The number of aromatic nitrogens is 2. The van der Waals surface area contributed by atoms with Crippen molar-refractivity contribution < 1.29 is 22.8 Å².